The zero-order valence-corrected chi connectivity index (χ0v) is 21.4. The van der Waals surface area contributed by atoms with Crippen LogP contribution in [0.2, 0.25) is 0 Å². The molecule has 1 amide bonds. The second-order valence-corrected chi connectivity index (χ2v) is 10.5. The minimum atomic E-state index is -0.847. The van der Waals surface area contributed by atoms with E-state index < -0.39 is 17.9 Å². The first kappa shape index (κ1) is 24.5. The van der Waals surface area contributed by atoms with E-state index in [9.17, 15) is 14.4 Å². The number of nitrogens with one attached hydrogen (secondary N) is 2. The highest BCUT2D eigenvalue weighted by Crippen LogP contribution is 2.41. The first-order valence-electron chi connectivity index (χ1n) is 11.1. The number of nitrogens with zero attached hydrogens (tertiary/aromatic N) is 1. The van der Waals surface area contributed by atoms with Crippen LogP contribution in [0.5, 0.6) is 0 Å². The van der Waals surface area contributed by atoms with Gasteiger partial charge in [-0.05, 0) is 53.6 Å². The van der Waals surface area contributed by atoms with Crippen molar-refractivity contribution >= 4 is 55.6 Å². The van der Waals surface area contributed by atoms with Crippen molar-refractivity contribution in [3.63, 3.8) is 0 Å². The molecular weight excluding hydrogens is 518 g/mol. The number of carbonyl (C=O) groups excluding carboxylic acids is 3. The molecule has 0 radical (unpaired) electrons. The number of hydrogen-bond donors (Lipinski definition) is 2. The molecule has 0 saturated carbocycles. The molecule has 2 N–H and O–H groups in total. The van der Waals surface area contributed by atoms with Crippen LogP contribution in [0.25, 0.3) is 10.9 Å². The summed E-state index contributed by atoms with van der Waals surface area (Å²) in [5.41, 5.74) is 4.09. The fourth-order valence-electron chi connectivity index (χ4n) is 4.65. The Morgan fingerprint density at radius 2 is 2.15 bits per heavy atom. The average molecular weight is 544 g/mol. The summed E-state index contributed by atoms with van der Waals surface area (Å²) < 4.78 is 6.01. The number of amides is 1. The number of rotatable bonds is 8. The quantitative estimate of drug-likeness (QED) is 0.414. The van der Waals surface area contributed by atoms with Gasteiger partial charge < -0.3 is 15.0 Å². The fraction of sp³-hybridized carbons (Fsp3) is 0.360. The number of aryl methyl sites for hydroxylation is 1. The highest BCUT2D eigenvalue weighted by atomic mass is 79.9. The normalized spacial score (nSPS) is 16.6. The van der Waals surface area contributed by atoms with Crippen molar-refractivity contribution < 1.29 is 19.1 Å². The third-order valence-electron chi connectivity index (χ3n) is 6.31. The number of thioether (sulfide) groups is 1. The number of ether oxygens (including phenoxy) is 1. The highest BCUT2D eigenvalue weighted by molar-refractivity contribution is 9.10. The van der Waals surface area contributed by atoms with Gasteiger partial charge in [-0.3, -0.25) is 14.6 Å². The molecule has 9 heteroatoms. The molecule has 2 aromatic heterocycles. The first-order valence-corrected chi connectivity index (χ1v) is 12.8. The molecule has 0 saturated heterocycles. The molecule has 3 atom stereocenters. The van der Waals surface area contributed by atoms with Gasteiger partial charge in [0.05, 0.1) is 24.7 Å². The van der Waals surface area contributed by atoms with Crippen molar-refractivity contribution in [3.8, 4) is 0 Å². The number of hydrogen-bond acceptors (Lipinski definition) is 6. The van der Waals surface area contributed by atoms with E-state index in [1.807, 2.05) is 24.4 Å². The third-order valence-corrected chi connectivity index (χ3v) is 7.74. The number of esters is 1. The molecule has 34 heavy (non-hydrogen) atoms. The lowest BCUT2D eigenvalue weighted by molar-refractivity contribution is -0.145. The third kappa shape index (κ3) is 5.36. The molecule has 0 aliphatic heterocycles. The highest BCUT2D eigenvalue weighted by Gasteiger charge is 2.36. The zero-order valence-electron chi connectivity index (χ0n) is 19.0. The van der Waals surface area contributed by atoms with Crippen molar-refractivity contribution in [2.75, 3.05) is 12.9 Å². The van der Waals surface area contributed by atoms with Gasteiger partial charge in [-0.2, -0.15) is 0 Å². The summed E-state index contributed by atoms with van der Waals surface area (Å²) in [6, 6.07) is 7.14. The molecule has 3 unspecified atom stereocenters. The van der Waals surface area contributed by atoms with Crippen molar-refractivity contribution in [2.45, 2.75) is 38.1 Å². The van der Waals surface area contributed by atoms with Gasteiger partial charge in [-0.25, -0.2) is 4.79 Å². The SMILES string of the molecule is COC(=O)C(Cc1c[nH]c2cnccc12)NC(=O)C(CSC(C)=O)C1CCc2cc(Br)ccc21. The number of halogens is 1. The van der Waals surface area contributed by atoms with Gasteiger partial charge in [-0.15, -0.1) is 0 Å². The summed E-state index contributed by atoms with van der Waals surface area (Å²) in [6.45, 7) is 1.50. The standard InChI is InChI=1S/C25H26BrN3O4S/c1-14(30)34-13-21(20-5-3-15-9-17(26)4-6-18(15)20)24(31)29-22(25(32)33-2)10-16-11-28-23-12-27-8-7-19(16)23/h4,6-9,11-12,20-22,28H,3,5,10,13H2,1-2H3,(H,29,31). The van der Waals surface area contributed by atoms with Gasteiger partial charge in [0, 0.05) is 41.4 Å². The predicted molar refractivity (Wildman–Crippen MR) is 136 cm³/mol. The van der Waals surface area contributed by atoms with Crippen LogP contribution >= 0.6 is 27.7 Å². The summed E-state index contributed by atoms with van der Waals surface area (Å²) in [5.74, 6) is -0.867. The number of benzene rings is 1. The van der Waals surface area contributed by atoms with Crippen molar-refractivity contribution in [2.24, 2.45) is 5.92 Å². The monoisotopic (exact) mass is 543 g/mol. The van der Waals surface area contributed by atoms with Crippen LogP contribution in [-0.4, -0.2) is 45.9 Å². The van der Waals surface area contributed by atoms with E-state index in [0.29, 0.717) is 5.75 Å². The van der Waals surface area contributed by atoms with Crippen LogP contribution in [0.1, 0.15) is 36.0 Å². The second-order valence-electron chi connectivity index (χ2n) is 8.42. The number of aromatic nitrogens is 2. The van der Waals surface area contributed by atoms with E-state index in [1.54, 1.807) is 12.4 Å². The molecule has 178 valence electrons. The number of H-pyrrole nitrogens is 1. The molecule has 3 aromatic rings. The summed E-state index contributed by atoms with van der Waals surface area (Å²) in [5, 5.41) is 3.84. The van der Waals surface area contributed by atoms with Crippen LogP contribution in [0, 0.1) is 5.92 Å². The Bertz CT molecular complexity index is 1230. The predicted octanol–water partition coefficient (Wildman–Crippen LogP) is 4.15. The van der Waals surface area contributed by atoms with Crippen LogP contribution in [-0.2, 0) is 32.0 Å². The van der Waals surface area contributed by atoms with Crippen LogP contribution in [0.4, 0.5) is 0 Å². The maximum absolute atomic E-state index is 13.6. The van der Waals surface area contributed by atoms with Crippen LogP contribution in [0.15, 0.2) is 47.3 Å². The van der Waals surface area contributed by atoms with E-state index in [4.69, 9.17) is 4.74 Å². The number of methoxy groups -OCH3 is 1. The maximum atomic E-state index is 13.6. The topological polar surface area (TPSA) is 101 Å². The van der Waals surface area contributed by atoms with Gasteiger partial charge in [0.15, 0.2) is 5.12 Å². The van der Waals surface area contributed by atoms with Gasteiger partial charge in [-0.1, -0.05) is 33.8 Å². The molecule has 1 aliphatic rings. The number of aromatic amines is 1. The fourth-order valence-corrected chi connectivity index (χ4v) is 5.86. The van der Waals surface area contributed by atoms with Gasteiger partial charge in [0.2, 0.25) is 5.91 Å². The van der Waals surface area contributed by atoms with Crippen molar-refractivity contribution in [3.05, 3.63) is 64.0 Å². The first-order chi connectivity index (χ1) is 16.4. The Morgan fingerprint density at radius 3 is 2.91 bits per heavy atom. The molecule has 2 heterocycles. The molecular formula is C25H26BrN3O4S. The summed E-state index contributed by atoms with van der Waals surface area (Å²) in [6.07, 6.45) is 7.20. The number of pyridine rings is 1. The summed E-state index contributed by atoms with van der Waals surface area (Å²) >= 11 is 4.66. The van der Waals surface area contributed by atoms with Gasteiger partial charge in [0.25, 0.3) is 0 Å². The molecule has 1 aliphatic carbocycles. The average Bonchev–Trinajstić information content (AvgIpc) is 3.42. The minimum Gasteiger partial charge on any atom is -0.467 e. The lowest BCUT2D eigenvalue weighted by Crippen LogP contribution is -2.47. The Labute approximate surface area is 210 Å². The van der Waals surface area contributed by atoms with Crippen LogP contribution < -0.4 is 5.32 Å². The number of carbonyl (C=O) groups is 3. The van der Waals surface area contributed by atoms with E-state index in [2.05, 4.69) is 37.3 Å². The van der Waals surface area contributed by atoms with Crippen molar-refractivity contribution in [1.82, 2.24) is 15.3 Å². The number of fused-ring (bicyclic) bond motifs is 2. The van der Waals surface area contributed by atoms with Crippen LogP contribution in [0.3, 0.4) is 0 Å². The zero-order chi connectivity index (χ0) is 24.2. The Kier molecular flexibility index (Phi) is 7.73. The van der Waals surface area contributed by atoms with E-state index >= 15 is 0 Å². The lowest BCUT2D eigenvalue weighted by Gasteiger charge is -2.26. The van der Waals surface area contributed by atoms with Crippen molar-refractivity contribution in [1.29, 1.82) is 0 Å². The molecule has 1 aromatic carbocycles. The molecule has 7 nitrogen and oxygen atoms in total. The molecule has 4 rings (SSSR count). The van der Waals surface area contributed by atoms with Gasteiger partial charge in [0.1, 0.15) is 6.04 Å². The Balaban J connectivity index is 1.58. The molecule has 0 spiro atoms. The minimum absolute atomic E-state index is 0.0209. The Morgan fingerprint density at radius 1 is 1.32 bits per heavy atom. The Hall–Kier alpha value is -2.65. The summed E-state index contributed by atoms with van der Waals surface area (Å²) in [4.78, 5) is 45.2. The van der Waals surface area contributed by atoms with E-state index in [1.165, 1.54) is 19.6 Å². The smallest absolute Gasteiger partial charge is 0.328 e. The summed E-state index contributed by atoms with van der Waals surface area (Å²) in [7, 11) is 1.31. The largest absolute Gasteiger partial charge is 0.467 e. The van der Waals surface area contributed by atoms with Gasteiger partial charge >= 0.3 is 5.97 Å². The second kappa shape index (κ2) is 10.7. The molecule has 0 bridgehead atoms. The maximum Gasteiger partial charge on any atom is 0.328 e. The lowest BCUT2D eigenvalue weighted by atomic mass is 9.87. The van der Waals surface area contributed by atoms with E-state index in [-0.39, 0.29) is 23.4 Å². The molecule has 0 fully saturated rings. The van der Waals surface area contributed by atoms with E-state index in [0.717, 1.165) is 51.1 Å².